The van der Waals surface area contributed by atoms with Crippen molar-refractivity contribution in [1.82, 2.24) is 15.0 Å². The molecule has 1 aromatic carbocycles. The molecule has 0 bridgehead atoms. The van der Waals surface area contributed by atoms with Gasteiger partial charge in [-0.15, -0.1) is 5.10 Å². The number of halogens is 2. The summed E-state index contributed by atoms with van der Waals surface area (Å²) in [5.74, 6) is 0. The number of aromatic nitrogens is 3. The van der Waals surface area contributed by atoms with Crippen LogP contribution in [0.15, 0.2) is 18.2 Å². The Morgan fingerprint density at radius 2 is 2.00 bits per heavy atom. The lowest BCUT2D eigenvalue weighted by Crippen LogP contribution is -2.20. The van der Waals surface area contributed by atoms with E-state index in [1.165, 1.54) is 0 Å². The monoisotopic (exact) mass is 308 g/mol. The molecule has 6 heteroatoms. The number of nitriles is 1. The lowest BCUT2D eigenvalue weighted by atomic mass is 9.90. The van der Waals surface area contributed by atoms with Crippen LogP contribution < -0.4 is 0 Å². The number of rotatable bonds is 2. The molecule has 20 heavy (non-hydrogen) atoms. The number of hydrogen-bond acceptors (Lipinski definition) is 3. The van der Waals surface area contributed by atoms with Gasteiger partial charge in [0.25, 0.3) is 0 Å². The van der Waals surface area contributed by atoms with Crippen molar-refractivity contribution in [1.29, 1.82) is 5.26 Å². The summed E-state index contributed by atoms with van der Waals surface area (Å²) >= 11 is 12.1. The average molecular weight is 309 g/mol. The Labute approximate surface area is 127 Å². The zero-order chi connectivity index (χ0) is 14.9. The first-order chi connectivity index (χ1) is 9.32. The maximum Gasteiger partial charge on any atom is 0.186 e. The van der Waals surface area contributed by atoms with Crippen molar-refractivity contribution in [2.75, 3.05) is 0 Å². The predicted molar refractivity (Wildman–Crippen MR) is 79.0 cm³/mol. The van der Waals surface area contributed by atoms with Crippen molar-refractivity contribution < 1.29 is 0 Å². The average Bonchev–Trinajstić information content (AvgIpc) is 2.75. The fourth-order valence-corrected chi connectivity index (χ4v) is 2.52. The first-order valence-corrected chi connectivity index (χ1v) is 6.86. The Morgan fingerprint density at radius 3 is 2.55 bits per heavy atom. The van der Waals surface area contributed by atoms with Crippen LogP contribution in [0, 0.1) is 11.3 Å². The Balaban J connectivity index is 2.45. The molecular formula is C14H14Cl2N4. The predicted octanol–water partition coefficient (Wildman–Crippen LogP) is 3.80. The third kappa shape index (κ3) is 2.95. The summed E-state index contributed by atoms with van der Waals surface area (Å²) < 4.78 is 1.72. The summed E-state index contributed by atoms with van der Waals surface area (Å²) in [7, 11) is 0. The molecule has 0 saturated carbocycles. The summed E-state index contributed by atoms with van der Waals surface area (Å²) in [4.78, 5) is 0. The van der Waals surface area contributed by atoms with Gasteiger partial charge in [0.15, 0.2) is 5.69 Å². The van der Waals surface area contributed by atoms with E-state index in [-0.39, 0.29) is 5.41 Å². The van der Waals surface area contributed by atoms with Crippen LogP contribution in [0.25, 0.3) is 0 Å². The molecule has 2 rings (SSSR count). The SMILES string of the molecule is CC(C)(C)c1c(C#N)nnn1Cc1ccc(Cl)cc1Cl. The van der Waals surface area contributed by atoms with Crippen molar-refractivity contribution in [2.24, 2.45) is 0 Å². The topological polar surface area (TPSA) is 54.5 Å². The highest BCUT2D eigenvalue weighted by molar-refractivity contribution is 6.35. The van der Waals surface area contributed by atoms with E-state index in [1.807, 2.05) is 26.8 Å². The van der Waals surface area contributed by atoms with Crippen LogP contribution in [-0.4, -0.2) is 15.0 Å². The molecule has 1 heterocycles. The summed E-state index contributed by atoms with van der Waals surface area (Å²) in [6.07, 6.45) is 0. The van der Waals surface area contributed by atoms with Crippen molar-refractivity contribution in [3.8, 4) is 6.07 Å². The van der Waals surface area contributed by atoms with Gasteiger partial charge in [-0.1, -0.05) is 55.3 Å². The Bertz CT molecular complexity index is 677. The molecule has 0 spiro atoms. The van der Waals surface area contributed by atoms with E-state index in [4.69, 9.17) is 28.5 Å². The maximum atomic E-state index is 9.14. The first-order valence-electron chi connectivity index (χ1n) is 6.11. The second-order valence-electron chi connectivity index (χ2n) is 5.54. The second kappa shape index (κ2) is 5.43. The molecular weight excluding hydrogens is 295 g/mol. The van der Waals surface area contributed by atoms with Crippen LogP contribution in [0.1, 0.15) is 37.7 Å². The Kier molecular flexibility index (Phi) is 4.03. The van der Waals surface area contributed by atoms with Gasteiger partial charge in [0, 0.05) is 15.5 Å². The lowest BCUT2D eigenvalue weighted by molar-refractivity contribution is 0.501. The minimum Gasteiger partial charge on any atom is -0.243 e. The van der Waals surface area contributed by atoms with Gasteiger partial charge in [-0.05, 0) is 17.7 Å². The van der Waals surface area contributed by atoms with Gasteiger partial charge in [-0.3, -0.25) is 0 Å². The van der Waals surface area contributed by atoms with Crippen LogP contribution >= 0.6 is 23.2 Å². The number of benzene rings is 1. The molecule has 0 radical (unpaired) electrons. The van der Waals surface area contributed by atoms with Crippen molar-refractivity contribution in [3.63, 3.8) is 0 Å². The minimum absolute atomic E-state index is 0.229. The number of nitrogens with zero attached hydrogens (tertiary/aromatic N) is 4. The molecule has 0 aliphatic carbocycles. The van der Waals surface area contributed by atoms with E-state index in [0.29, 0.717) is 22.3 Å². The molecule has 0 N–H and O–H groups in total. The van der Waals surface area contributed by atoms with Crippen LogP contribution in [0.5, 0.6) is 0 Å². The third-order valence-corrected chi connectivity index (χ3v) is 3.47. The smallest absolute Gasteiger partial charge is 0.186 e. The highest BCUT2D eigenvalue weighted by atomic mass is 35.5. The fourth-order valence-electron chi connectivity index (χ4n) is 2.05. The summed E-state index contributed by atoms with van der Waals surface area (Å²) in [5, 5.41) is 18.3. The molecule has 2 aromatic rings. The molecule has 0 saturated heterocycles. The van der Waals surface area contributed by atoms with Crippen molar-refractivity contribution in [3.05, 3.63) is 45.2 Å². The number of hydrogen-bond donors (Lipinski definition) is 0. The van der Waals surface area contributed by atoms with Crippen LogP contribution in [0.3, 0.4) is 0 Å². The second-order valence-corrected chi connectivity index (χ2v) is 6.39. The largest absolute Gasteiger partial charge is 0.243 e. The molecule has 104 valence electrons. The van der Waals surface area contributed by atoms with Gasteiger partial charge in [-0.25, -0.2) is 4.68 Å². The van der Waals surface area contributed by atoms with E-state index < -0.39 is 0 Å². The van der Waals surface area contributed by atoms with E-state index in [9.17, 15) is 0 Å². The molecule has 4 nitrogen and oxygen atoms in total. The van der Waals surface area contributed by atoms with Gasteiger partial charge in [-0.2, -0.15) is 5.26 Å². The maximum absolute atomic E-state index is 9.14. The molecule has 0 aliphatic rings. The van der Waals surface area contributed by atoms with Crippen molar-refractivity contribution >= 4 is 23.2 Å². The lowest BCUT2D eigenvalue weighted by Gasteiger charge is -2.20. The zero-order valence-electron chi connectivity index (χ0n) is 11.5. The molecule has 0 aliphatic heterocycles. The zero-order valence-corrected chi connectivity index (χ0v) is 13.0. The highest BCUT2D eigenvalue weighted by Crippen LogP contribution is 2.27. The first kappa shape index (κ1) is 14.8. The molecule has 0 amide bonds. The third-order valence-electron chi connectivity index (χ3n) is 2.89. The van der Waals surface area contributed by atoms with Gasteiger partial charge in [0.2, 0.25) is 0 Å². The van der Waals surface area contributed by atoms with Crippen LogP contribution in [0.4, 0.5) is 0 Å². The van der Waals surface area contributed by atoms with Gasteiger partial charge >= 0.3 is 0 Å². The van der Waals surface area contributed by atoms with E-state index >= 15 is 0 Å². The van der Waals surface area contributed by atoms with E-state index in [2.05, 4.69) is 16.4 Å². The molecule has 0 atom stereocenters. The van der Waals surface area contributed by atoms with E-state index in [0.717, 1.165) is 11.3 Å². The normalized spacial score (nSPS) is 11.4. The van der Waals surface area contributed by atoms with Gasteiger partial charge in [0.1, 0.15) is 6.07 Å². The highest BCUT2D eigenvalue weighted by Gasteiger charge is 2.25. The molecule has 0 fully saturated rings. The minimum atomic E-state index is -0.229. The summed E-state index contributed by atoms with van der Waals surface area (Å²) in [5.41, 5.74) is 1.80. The van der Waals surface area contributed by atoms with Gasteiger partial charge < -0.3 is 0 Å². The van der Waals surface area contributed by atoms with Crippen molar-refractivity contribution in [2.45, 2.75) is 32.7 Å². The van der Waals surface area contributed by atoms with Gasteiger partial charge in [0.05, 0.1) is 12.2 Å². The Hall–Kier alpha value is -1.57. The summed E-state index contributed by atoms with van der Waals surface area (Å²) in [6, 6.07) is 7.41. The van der Waals surface area contributed by atoms with Crippen LogP contribution in [-0.2, 0) is 12.0 Å². The van der Waals surface area contributed by atoms with E-state index in [1.54, 1.807) is 16.8 Å². The summed E-state index contributed by atoms with van der Waals surface area (Å²) in [6.45, 7) is 6.52. The Morgan fingerprint density at radius 1 is 1.30 bits per heavy atom. The quantitative estimate of drug-likeness (QED) is 0.848. The molecule has 0 unspecified atom stereocenters. The molecule has 1 aromatic heterocycles. The van der Waals surface area contributed by atoms with Crippen LogP contribution in [0.2, 0.25) is 10.0 Å². The fraction of sp³-hybridized carbons (Fsp3) is 0.357. The standard InChI is InChI=1S/C14H14Cl2N4/c1-14(2,3)13-12(7-17)18-19-20(13)8-9-4-5-10(15)6-11(9)16/h4-6H,8H2,1-3H3.